The number of hydrogen-bond acceptors (Lipinski definition) is 3. The molecular weight excluding hydrogens is 509 g/mol. The molecule has 7 heteroatoms. The summed E-state index contributed by atoms with van der Waals surface area (Å²) in [5.41, 5.74) is 2.54. The Kier molecular flexibility index (Phi) is 9.15. The molecule has 5 nitrogen and oxygen atoms in total. The van der Waals surface area contributed by atoms with Gasteiger partial charge < -0.3 is 10.6 Å². The molecule has 0 bridgehead atoms. The van der Waals surface area contributed by atoms with Crippen LogP contribution in [0.15, 0.2) is 64.5 Å². The average Bonchev–Trinajstić information content (AvgIpc) is 3.21. The van der Waals surface area contributed by atoms with Gasteiger partial charge in [0, 0.05) is 24.8 Å². The van der Waals surface area contributed by atoms with Crippen LogP contribution < -0.4 is 10.6 Å². The van der Waals surface area contributed by atoms with Crippen molar-refractivity contribution in [3.63, 3.8) is 0 Å². The minimum atomic E-state index is -3.17. The standard InChI is InChI=1S/C23H31N3O2S.HI/c1-3-24-22(25-17-19-11-13-21(14-12-19)29(2,27)28)26-18-23(15-7-8-16-23)20-9-5-4-6-10-20;/h4-6,9-14H,3,7-8,15-18H2,1-2H3,(H2,24,25,26);1H. The molecule has 164 valence electrons. The third kappa shape index (κ3) is 6.44. The minimum Gasteiger partial charge on any atom is -0.357 e. The maximum atomic E-state index is 11.6. The lowest BCUT2D eigenvalue weighted by Crippen LogP contribution is -2.44. The van der Waals surface area contributed by atoms with Crippen molar-refractivity contribution in [1.29, 1.82) is 0 Å². The number of benzene rings is 2. The van der Waals surface area contributed by atoms with Gasteiger partial charge in [-0.15, -0.1) is 24.0 Å². The van der Waals surface area contributed by atoms with E-state index in [1.165, 1.54) is 37.5 Å². The fraction of sp³-hybridized carbons (Fsp3) is 0.435. The zero-order chi connectivity index (χ0) is 20.7. The first-order valence-electron chi connectivity index (χ1n) is 10.3. The van der Waals surface area contributed by atoms with E-state index >= 15 is 0 Å². The highest BCUT2D eigenvalue weighted by atomic mass is 127. The number of nitrogens with zero attached hydrogens (tertiary/aromatic N) is 1. The molecule has 30 heavy (non-hydrogen) atoms. The second-order valence-electron chi connectivity index (χ2n) is 7.82. The maximum absolute atomic E-state index is 11.6. The Hall–Kier alpha value is -1.61. The van der Waals surface area contributed by atoms with Crippen molar-refractivity contribution < 1.29 is 8.42 Å². The molecule has 1 aliphatic rings. The summed E-state index contributed by atoms with van der Waals surface area (Å²) in [6.45, 7) is 4.20. The number of rotatable bonds is 7. The zero-order valence-corrected chi connectivity index (χ0v) is 20.9. The monoisotopic (exact) mass is 541 g/mol. The van der Waals surface area contributed by atoms with Crippen LogP contribution in [0.5, 0.6) is 0 Å². The van der Waals surface area contributed by atoms with Crippen LogP contribution in [0.4, 0.5) is 0 Å². The third-order valence-corrected chi connectivity index (χ3v) is 6.78. The molecule has 2 N–H and O–H groups in total. The van der Waals surface area contributed by atoms with Crippen molar-refractivity contribution in [2.24, 2.45) is 4.99 Å². The van der Waals surface area contributed by atoms with Gasteiger partial charge in [-0.25, -0.2) is 13.4 Å². The predicted octanol–water partition coefficient (Wildman–Crippen LogP) is 4.28. The molecule has 2 aromatic carbocycles. The molecule has 2 aromatic rings. The molecule has 0 atom stereocenters. The van der Waals surface area contributed by atoms with Crippen LogP contribution in [-0.2, 0) is 21.8 Å². The Bertz CT molecular complexity index is 923. The minimum absolute atomic E-state index is 0. The van der Waals surface area contributed by atoms with E-state index in [2.05, 4.69) is 47.9 Å². The van der Waals surface area contributed by atoms with Gasteiger partial charge in [0.15, 0.2) is 15.8 Å². The van der Waals surface area contributed by atoms with E-state index in [9.17, 15) is 8.42 Å². The van der Waals surface area contributed by atoms with Crippen LogP contribution in [0.25, 0.3) is 0 Å². The van der Waals surface area contributed by atoms with Gasteiger partial charge in [0.25, 0.3) is 0 Å². The third-order valence-electron chi connectivity index (χ3n) is 5.66. The predicted molar refractivity (Wildman–Crippen MR) is 134 cm³/mol. The molecule has 1 aliphatic carbocycles. The fourth-order valence-electron chi connectivity index (χ4n) is 4.02. The molecule has 0 spiro atoms. The van der Waals surface area contributed by atoms with Crippen molar-refractivity contribution in [2.75, 3.05) is 19.3 Å². The van der Waals surface area contributed by atoms with E-state index in [4.69, 9.17) is 4.99 Å². The fourth-order valence-corrected chi connectivity index (χ4v) is 4.65. The van der Waals surface area contributed by atoms with E-state index in [1.54, 1.807) is 12.1 Å². The van der Waals surface area contributed by atoms with Crippen LogP contribution in [0, 0.1) is 0 Å². The molecular formula is C23H32IN3O2S. The Labute approximate surface area is 197 Å². The van der Waals surface area contributed by atoms with Gasteiger partial charge in [0.2, 0.25) is 0 Å². The number of hydrogen-bond donors (Lipinski definition) is 2. The lowest BCUT2D eigenvalue weighted by atomic mass is 9.79. The Morgan fingerprint density at radius 3 is 2.20 bits per heavy atom. The summed E-state index contributed by atoms with van der Waals surface area (Å²) >= 11 is 0. The molecule has 0 aromatic heterocycles. The van der Waals surface area contributed by atoms with Gasteiger partial charge in [-0.05, 0) is 43.0 Å². The van der Waals surface area contributed by atoms with Crippen molar-refractivity contribution >= 4 is 39.8 Å². The second kappa shape index (κ2) is 11.1. The van der Waals surface area contributed by atoms with Gasteiger partial charge in [0.1, 0.15) is 0 Å². The number of halogens is 1. The van der Waals surface area contributed by atoms with Crippen molar-refractivity contribution in [3.8, 4) is 0 Å². The topological polar surface area (TPSA) is 70.6 Å². The number of aliphatic imine (C=N–C) groups is 1. The molecule has 0 saturated heterocycles. The Balaban J connectivity index is 0.00000320. The number of sulfone groups is 1. The average molecular weight is 541 g/mol. The van der Waals surface area contributed by atoms with E-state index in [0.717, 1.165) is 24.6 Å². The van der Waals surface area contributed by atoms with Crippen molar-refractivity contribution in [3.05, 3.63) is 65.7 Å². The molecule has 1 saturated carbocycles. The summed E-state index contributed by atoms with van der Waals surface area (Å²) in [5.74, 6) is 0.793. The van der Waals surface area contributed by atoms with Gasteiger partial charge in [-0.3, -0.25) is 0 Å². The first-order valence-corrected chi connectivity index (χ1v) is 12.2. The first kappa shape index (κ1) is 24.7. The number of guanidine groups is 1. The van der Waals surface area contributed by atoms with E-state index in [-0.39, 0.29) is 29.4 Å². The zero-order valence-electron chi connectivity index (χ0n) is 17.7. The second-order valence-corrected chi connectivity index (χ2v) is 9.83. The SMILES string of the molecule is CCNC(=NCc1ccc(S(C)(=O)=O)cc1)NCC1(c2ccccc2)CCCC1.I. The summed E-state index contributed by atoms with van der Waals surface area (Å²) in [6, 6.07) is 17.7. The molecule has 0 amide bonds. The largest absolute Gasteiger partial charge is 0.357 e. The highest BCUT2D eigenvalue weighted by Gasteiger charge is 2.35. The highest BCUT2D eigenvalue weighted by Crippen LogP contribution is 2.40. The van der Waals surface area contributed by atoms with Crippen molar-refractivity contribution in [1.82, 2.24) is 10.6 Å². The molecule has 3 rings (SSSR count). The summed E-state index contributed by atoms with van der Waals surface area (Å²) in [6.07, 6.45) is 6.12. The summed E-state index contributed by atoms with van der Waals surface area (Å²) in [5, 5.41) is 6.87. The number of nitrogens with one attached hydrogen (secondary N) is 2. The van der Waals surface area contributed by atoms with Gasteiger partial charge in [-0.1, -0.05) is 55.3 Å². The summed E-state index contributed by atoms with van der Waals surface area (Å²) in [4.78, 5) is 5.04. The molecule has 0 unspecified atom stereocenters. The first-order chi connectivity index (χ1) is 13.9. The van der Waals surface area contributed by atoms with Gasteiger partial charge in [0.05, 0.1) is 11.4 Å². The van der Waals surface area contributed by atoms with Crippen LogP contribution in [0.2, 0.25) is 0 Å². The van der Waals surface area contributed by atoms with Crippen LogP contribution in [-0.4, -0.2) is 33.7 Å². The van der Waals surface area contributed by atoms with Gasteiger partial charge in [-0.2, -0.15) is 0 Å². The van der Waals surface area contributed by atoms with Crippen LogP contribution in [0.1, 0.15) is 43.7 Å². The Morgan fingerprint density at radius 1 is 1.00 bits per heavy atom. The van der Waals surface area contributed by atoms with E-state index < -0.39 is 9.84 Å². The summed E-state index contributed by atoms with van der Waals surface area (Å²) < 4.78 is 23.2. The quantitative estimate of drug-likeness (QED) is 0.312. The Morgan fingerprint density at radius 2 is 1.63 bits per heavy atom. The van der Waals surface area contributed by atoms with E-state index in [1.807, 2.05) is 12.1 Å². The van der Waals surface area contributed by atoms with Gasteiger partial charge >= 0.3 is 0 Å². The van der Waals surface area contributed by atoms with E-state index in [0.29, 0.717) is 11.4 Å². The summed E-state index contributed by atoms with van der Waals surface area (Å²) in [7, 11) is -3.17. The molecule has 0 aliphatic heterocycles. The maximum Gasteiger partial charge on any atom is 0.191 e. The molecule has 1 fully saturated rings. The lowest BCUT2D eigenvalue weighted by Gasteiger charge is -2.30. The smallest absolute Gasteiger partial charge is 0.191 e. The lowest BCUT2D eigenvalue weighted by molar-refractivity contribution is 0.432. The molecule has 0 radical (unpaired) electrons. The van der Waals surface area contributed by atoms with Crippen LogP contribution in [0.3, 0.4) is 0 Å². The van der Waals surface area contributed by atoms with Crippen LogP contribution >= 0.6 is 24.0 Å². The molecule has 0 heterocycles. The normalized spacial score (nSPS) is 16.0. The van der Waals surface area contributed by atoms with Crippen molar-refractivity contribution in [2.45, 2.75) is 49.5 Å². The highest BCUT2D eigenvalue weighted by molar-refractivity contribution is 14.0.